The molecule has 1 fully saturated rings. The lowest BCUT2D eigenvalue weighted by molar-refractivity contribution is -0.0239. The summed E-state index contributed by atoms with van der Waals surface area (Å²) in [4.78, 5) is 25.7. The molecule has 28 heavy (non-hydrogen) atoms. The first kappa shape index (κ1) is 21.8. The standard InChI is InChI=1S/C19H25F3N2O4/c1-17(2,3)27-15(25)23-19(11-7-8-12(20)14(22)13(11)21)9-24(10-19)16(26)28-18(4,5)6/h7-8H,9-10H2,1-6H3,(H,23,25). The monoisotopic (exact) mass is 402 g/mol. The number of nitrogens with zero attached hydrogens (tertiary/aromatic N) is 1. The zero-order chi connectivity index (χ0) is 21.5. The van der Waals surface area contributed by atoms with E-state index in [1.54, 1.807) is 41.5 Å². The van der Waals surface area contributed by atoms with E-state index >= 15 is 0 Å². The van der Waals surface area contributed by atoms with Crippen molar-refractivity contribution in [2.45, 2.75) is 58.3 Å². The van der Waals surface area contributed by atoms with Crippen LogP contribution in [0.4, 0.5) is 22.8 Å². The lowest BCUT2D eigenvalue weighted by Crippen LogP contribution is -2.69. The molecule has 1 saturated heterocycles. The van der Waals surface area contributed by atoms with Gasteiger partial charge in [0.25, 0.3) is 0 Å². The highest BCUT2D eigenvalue weighted by Crippen LogP contribution is 2.36. The Bertz CT molecular complexity index is 779. The van der Waals surface area contributed by atoms with Gasteiger partial charge in [0, 0.05) is 5.56 Å². The minimum atomic E-state index is -1.65. The molecule has 0 saturated carbocycles. The van der Waals surface area contributed by atoms with Crippen LogP contribution in [0.3, 0.4) is 0 Å². The largest absolute Gasteiger partial charge is 0.444 e. The van der Waals surface area contributed by atoms with E-state index in [0.29, 0.717) is 0 Å². The van der Waals surface area contributed by atoms with Gasteiger partial charge in [-0.2, -0.15) is 0 Å². The number of likely N-dealkylation sites (tertiary alicyclic amines) is 1. The molecule has 156 valence electrons. The minimum absolute atomic E-state index is 0.191. The Morgan fingerprint density at radius 2 is 1.50 bits per heavy atom. The molecule has 0 radical (unpaired) electrons. The Morgan fingerprint density at radius 3 is 2.00 bits per heavy atom. The van der Waals surface area contributed by atoms with E-state index < -0.39 is 46.4 Å². The first-order valence-corrected chi connectivity index (χ1v) is 8.77. The molecule has 6 nitrogen and oxygen atoms in total. The van der Waals surface area contributed by atoms with Gasteiger partial charge in [0.15, 0.2) is 17.5 Å². The molecule has 2 amide bonds. The van der Waals surface area contributed by atoms with E-state index in [9.17, 15) is 22.8 Å². The van der Waals surface area contributed by atoms with Crippen molar-refractivity contribution in [3.63, 3.8) is 0 Å². The lowest BCUT2D eigenvalue weighted by atomic mass is 9.82. The van der Waals surface area contributed by atoms with Gasteiger partial charge in [0.05, 0.1) is 13.1 Å². The number of halogens is 3. The van der Waals surface area contributed by atoms with Crippen molar-refractivity contribution >= 4 is 12.2 Å². The Kier molecular flexibility index (Phi) is 5.60. The molecule has 1 aromatic rings. The van der Waals surface area contributed by atoms with Gasteiger partial charge in [0.2, 0.25) is 0 Å². The summed E-state index contributed by atoms with van der Waals surface area (Å²) in [5.74, 6) is -4.43. The van der Waals surface area contributed by atoms with E-state index in [4.69, 9.17) is 9.47 Å². The van der Waals surface area contributed by atoms with Crippen molar-refractivity contribution in [1.29, 1.82) is 0 Å². The molecular weight excluding hydrogens is 377 g/mol. The summed E-state index contributed by atoms with van der Waals surface area (Å²) in [6, 6.07) is 1.81. The highest BCUT2D eigenvalue weighted by atomic mass is 19.2. The molecule has 1 aliphatic heterocycles. The molecule has 1 aromatic carbocycles. The summed E-state index contributed by atoms with van der Waals surface area (Å²) >= 11 is 0. The molecule has 1 aliphatic rings. The van der Waals surface area contributed by atoms with Gasteiger partial charge in [0.1, 0.15) is 16.7 Å². The maximum Gasteiger partial charge on any atom is 0.410 e. The molecule has 0 unspecified atom stereocenters. The number of ether oxygens (including phenoxy) is 2. The molecule has 2 rings (SSSR count). The molecule has 0 aliphatic carbocycles. The van der Waals surface area contributed by atoms with Crippen molar-refractivity contribution in [2.75, 3.05) is 13.1 Å². The maximum atomic E-state index is 14.4. The van der Waals surface area contributed by atoms with E-state index in [1.165, 1.54) is 4.90 Å². The third-order valence-electron chi connectivity index (χ3n) is 3.86. The third kappa shape index (κ3) is 4.88. The zero-order valence-corrected chi connectivity index (χ0v) is 16.8. The van der Waals surface area contributed by atoms with Gasteiger partial charge in [-0.1, -0.05) is 6.07 Å². The SMILES string of the molecule is CC(C)(C)OC(=O)NC1(c2ccc(F)c(F)c2F)CN(C(=O)OC(C)(C)C)C1. The summed E-state index contributed by atoms with van der Waals surface area (Å²) in [5.41, 5.74) is -3.33. The van der Waals surface area contributed by atoms with Crippen molar-refractivity contribution < 1.29 is 32.2 Å². The molecule has 9 heteroatoms. The van der Waals surface area contributed by atoms with Crippen molar-refractivity contribution in [3.05, 3.63) is 35.1 Å². The van der Waals surface area contributed by atoms with Crippen LogP contribution in [0.2, 0.25) is 0 Å². The number of rotatable bonds is 2. The van der Waals surface area contributed by atoms with Crippen LogP contribution in [0.5, 0.6) is 0 Å². The summed E-state index contributed by atoms with van der Waals surface area (Å²) in [6.07, 6.45) is -1.54. The predicted octanol–water partition coefficient (Wildman–Crippen LogP) is 4.07. The molecule has 0 spiro atoms. The third-order valence-corrected chi connectivity index (χ3v) is 3.86. The number of carbonyl (C=O) groups is 2. The minimum Gasteiger partial charge on any atom is -0.444 e. The fourth-order valence-corrected chi connectivity index (χ4v) is 2.77. The topological polar surface area (TPSA) is 67.9 Å². The van der Waals surface area contributed by atoms with Gasteiger partial charge in [-0.05, 0) is 47.6 Å². The van der Waals surface area contributed by atoms with Crippen LogP contribution in [-0.2, 0) is 15.0 Å². The number of hydrogen-bond donors (Lipinski definition) is 1. The summed E-state index contributed by atoms with van der Waals surface area (Å²) in [7, 11) is 0. The fourth-order valence-electron chi connectivity index (χ4n) is 2.77. The molecule has 0 bridgehead atoms. The smallest absolute Gasteiger partial charge is 0.410 e. The van der Waals surface area contributed by atoms with E-state index in [0.717, 1.165) is 12.1 Å². The first-order chi connectivity index (χ1) is 12.6. The summed E-state index contributed by atoms with van der Waals surface area (Å²) in [6.45, 7) is 9.61. The van der Waals surface area contributed by atoms with Gasteiger partial charge in [-0.25, -0.2) is 22.8 Å². The van der Waals surface area contributed by atoms with Crippen LogP contribution < -0.4 is 5.32 Å². The van der Waals surface area contributed by atoms with Crippen LogP contribution in [-0.4, -0.2) is 41.4 Å². The molecule has 1 heterocycles. The Morgan fingerprint density at radius 1 is 0.964 bits per heavy atom. The van der Waals surface area contributed by atoms with Gasteiger partial charge >= 0.3 is 12.2 Å². The number of hydrogen-bond acceptors (Lipinski definition) is 4. The van der Waals surface area contributed by atoms with E-state index in [1.807, 2.05) is 0 Å². The molecule has 0 atom stereocenters. The van der Waals surface area contributed by atoms with Crippen molar-refractivity contribution in [2.24, 2.45) is 0 Å². The van der Waals surface area contributed by atoms with Crippen LogP contribution in [0, 0.1) is 17.5 Å². The molecule has 0 aromatic heterocycles. The number of carbonyl (C=O) groups excluding carboxylic acids is 2. The average molecular weight is 402 g/mol. The van der Waals surface area contributed by atoms with Gasteiger partial charge in [-0.3, -0.25) is 0 Å². The van der Waals surface area contributed by atoms with Crippen LogP contribution in [0.1, 0.15) is 47.1 Å². The Hall–Kier alpha value is -2.45. The predicted molar refractivity (Wildman–Crippen MR) is 95.2 cm³/mol. The van der Waals surface area contributed by atoms with Crippen molar-refractivity contribution in [1.82, 2.24) is 10.2 Å². The number of benzene rings is 1. The summed E-state index contributed by atoms with van der Waals surface area (Å²) in [5, 5.41) is 2.50. The van der Waals surface area contributed by atoms with Gasteiger partial charge < -0.3 is 19.7 Å². The van der Waals surface area contributed by atoms with E-state index in [2.05, 4.69) is 5.32 Å². The highest BCUT2D eigenvalue weighted by Gasteiger charge is 2.51. The summed E-state index contributed by atoms with van der Waals surface area (Å²) < 4.78 is 52.0. The Labute approximate surface area is 162 Å². The lowest BCUT2D eigenvalue weighted by Gasteiger charge is -2.50. The molecule has 1 N–H and O–H groups in total. The van der Waals surface area contributed by atoms with Gasteiger partial charge in [-0.15, -0.1) is 0 Å². The second-order valence-corrected chi connectivity index (χ2v) is 8.77. The quantitative estimate of drug-likeness (QED) is 0.757. The zero-order valence-electron chi connectivity index (χ0n) is 16.8. The van der Waals surface area contributed by atoms with Crippen LogP contribution >= 0.6 is 0 Å². The number of alkyl carbamates (subject to hydrolysis) is 1. The van der Waals surface area contributed by atoms with Crippen LogP contribution in [0.25, 0.3) is 0 Å². The number of nitrogens with one attached hydrogen (secondary N) is 1. The normalized spacial score (nSPS) is 16.2. The average Bonchev–Trinajstić information content (AvgIpc) is 2.45. The molecular formula is C19H25F3N2O4. The van der Waals surface area contributed by atoms with Crippen LogP contribution in [0.15, 0.2) is 12.1 Å². The highest BCUT2D eigenvalue weighted by molar-refractivity contribution is 5.73. The second-order valence-electron chi connectivity index (χ2n) is 8.77. The fraction of sp³-hybridized carbons (Fsp3) is 0.579. The van der Waals surface area contributed by atoms with Crippen molar-refractivity contribution in [3.8, 4) is 0 Å². The second kappa shape index (κ2) is 7.18. The number of amides is 2. The Balaban J connectivity index is 2.31. The van der Waals surface area contributed by atoms with E-state index in [-0.39, 0.29) is 18.7 Å². The first-order valence-electron chi connectivity index (χ1n) is 8.77. The maximum absolute atomic E-state index is 14.4.